The van der Waals surface area contributed by atoms with Crippen LogP contribution in [0.2, 0.25) is 0 Å². The maximum Gasteiger partial charge on any atom is 0.304 e. The van der Waals surface area contributed by atoms with Crippen LogP contribution in [0.3, 0.4) is 0 Å². The quantitative estimate of drug-likeness (QED) is 0.0375. The summed E-state index contributed by atoms with van der Waals surface area (Å²) >= 11 is 9.11. The van der Waals surface area contributed by atoms with Crippen molar-refractivity contribution in [2.24, 2.45) is 5.92 Å². The topological polar surface area (TPSA) is 64.6 Å². The van der Waals surface area contributed by atoms with Gasteiger partial charge in [0.05, 0.1) is 64.7 Å². The fourth-order valence-corrected chi connectivity index (χ4v) is 5.89. The Labute approximate surface area is 635 Å². The van der Waals surface area contributed by atoms with E-state index >= 15 is 0 Å². The van der Waals surface area contributed by atoms with Gasteiger partial charge >= 0.3 is 24.3 Å². The predicted molar refractivity (Wildman–Crippen MR) is 401 cm³/mol. The number of hydrogen-bond acceptors (Lipinski definition) is 7. The number of benzene rings is 2. The Morgan fingerprint density at radius 1 is 0.393 bits per heavy atom. The Morgan fingerprint density at radius 3 is 1.01 bits per heavy atom. The van der Waals surface area contributed by atoms with Crippen LogP contribution in [0.5, 0.6) is 0 Å². The fourth-order valence-electron chi connectivity index (χ4n) is 5.83. The molecule has 29 heteroatoms. The molecule has 1 atom stereocenters. The molecule has 2 rings (SSSR count). The van der Waals surface area contributed by atoms with Crippen LogP contribution < -0.4 is 0 Å². The fraction of sp³-hybridized carbons (Fsp3) is 0.513. The normalized spacial score (nSPS) is 10.0. The molecule has 0 aliphatic rings. The van der Waals surface area contributed by atoms with Gasteiger partial charge in [0.1, 0.15) is 62.3 Å². The van der Waals surface area contributed by atoms with Crippen molar-refractivity contribution in [2.75, 3.05) is 46.2 Å². The van der Waals surface area contributed by atoms with Crippen molar-refractivity contribution in [3.63, 3.8) is 0 Å². The van der Waals surface area contributed by atoms with E-state index in [0.29, 0.717) is 88.8 Å². The van der Waals surface area contributed by atoms with Crippen molar-refractivity contribution in [1.29, 1.82) is 0 Å². The molecule has 0 aromatic heterocycles. The summed E-state index contributed by atoms with van der Waals surface area (Å²) in [6, 6.07) is 17.8. The number of rotatable bonds is 39. The van der Waals surface area contributed by atoms with Crippen molar-refractivity contribution in [1.82, 2.24) is 0 Å². The van der Waals surface area contributed by atoms with Gasteiger partial charge in [-0.3, -0.25) is 0 Å². The summed E-state index contributed by atoms with van der Waals surface area (Å²) in [5, 5.41) is -2.11. The Balaban J connectivity index is -0.000000106. The summed E-state index contributed by atoms with van der Waals surface area (Å²) in [5.74, 6) is -0.193. The van der Waals surface area contributed by atoms with Crippen molar-refractivity contribution in [3.05, 3.63) is 219 Å². The molecule has 0 saturated heterocycles. The maximum absolute atomic E-state index is 11.9. The van der Waals surface area contributed by atoms with Crippen LogP contribution >= 0.6 is 23.2 Å². The summed E-state index contributed by atoms with van der Waals surface area (Å²) in [4.78, 5) is 0. The highest BCUT2D eigenvalue weighted by Gasteiger charge is 2.05. The Hall–Kier alpha value is -7.16. The second kappa shape index (κ2) is 115. The predicted octanol–water partition coefficient (Wildman–Crippen LogP) is 33.1. The number of allylic oxidation sites excluding steroid dienone is 2. The zero-order valence-corrected chi connectivity index (χ0v) is 65.2. The molecule has 0 spiro atoms. The van der Waals surface area contributed by atoms with E-state index in [-0.39, 0.29) is 30.9 Å². The molecule has 2 aromatic rings. The smallest absolute Gasteiger partial charge is 0.304 e. The Kier molecular flexibility index (Phi) is 132. The first kappa shape index (κ1) is 124. The third-order valence-corrected chi connectivity index (χ3v) is 10.8. The van der Waals surface area contributed by atoms with Gasteiger partial charge in [-0.25, -0.2) is 26.3 Å². The van der Waals surface area contributed by atoms with Crippen molar-refractivity contribution >= 4 is 35.4 Å². The number of unbranched alkanes of at least 4 members (excludes halogenated alkanes) is 14. The van der Waals surface area contributed by atoms with Gasteiger partial charge in [-0.05, 0) is 112 Å². The van der Waals surface area contributed by atoms with Crippen LogP contribution in [0.15, 0.2) is 208 Å². The molecule has 107 heavy (non-hydrogen) atoms. The summed E-state index contributed by atoms with van der Waals surface area (Å²) < 4.78 is 254. The summed E-state index contributed by atoms with van der Waals surface area (Å²) in [6.45, 7) is 29.9. The lowest BCUT2D eigenvalue weighted by Crippen LogP contribution is -2.06. The molecular formula is C78H118Cl2F20O7. The molecule has 7 nitrogen and oxygen atoms in total. The molecule has 0 radical (unpaired) electrons. The van der Waals surface area contributed by atoms with E-state index in [9.17, 15) is 87.8 Å². The first-order valence-electron chi connectivity index (χ1n) is 34.3. The van der Waals surface area contributed by atoms with Crippen LogP contribution in [0.25, 0.3) is 12.2 Å². The highest BCUT2D eigenvalue weighted by molar-refractivity contribution is 6.28. The first-order chi connectivity index (χ1) is 50.8. The lowest BCUT2D eigenvalue weighted by molar-refractivity contribution is 0.169. The minimum absolute atomic E-state index is 0.250. The molecule has 0 amide bonds. The summed E-state index contributed by atoms with van der Waals surface area (Å²) in [5.41, 5.74) is 1.42. The van der Waals surface area contributed by atoms with Crippen LogP contribution in [-0.2, 0) is 33.2 Å². The molecule has 0 heterocycles. The van der Waals surface area contributed by atoms with Crippen LogP contribution in [-0.4, -0.2) is 46.2 Å². The SMILES string of the molecule is C=C(C)F.C=C(F)F.C=CF.CCCCC(CC)COC=C(F)F.CCCCCCCCCCCCOC=C(F)F.CCCCOC=C(C)F.CCCCOC=C(F)Cl.CCCCOC=C(F)F.CCCCOC=CF.CCOC=C(F)F.F/C=C(/F)Cl.FC(F)=Cc1ccccc1.FC=Cc1ccccc1. The molecule has 2 aromatic carbocycles. The average molecular weight is 1620 g/mol. The van der Waals surface area contributed by atoms with Crippen molar-refractivity contribution in [2.45, 2.75) is 210 Å². The standard InChI is InChI=1S/C14H26F2O.C10H18F2O.C8H6F2.C8H7F.C7H13FO.C6H10ClFO.C6H10F2O.C6H11FO.C4H6F2O.C3H5F.C2HClF2.C2H2F2.C2H3F/c1-2-3-4-5-6-7-8-9-10-11-12-17-13-14(15)16;1-3-5-6-9(4-2)7-13-8-10(11)12;9-8(10)6-7-4-2-1-3-5-7;9-7-6-8-4-2-1-3-5-8;1-3-4-5-9-6-7(2)8;2*1-2-3-4-9-5-6(7)8;1-2-3-5-8-6-4-7;1-2-7-3-4(5)6;1-3(2)4;3-2(5)1-4;1-2(3)4;1-2-3/h13H,2-12H2,1H3;8-9H,3-7H2,1-2H3;1-6H;1-7H;6H,3-5H2,1-2H3;2*5H,2-4H2,1H3;4,6H,2-3,5H2,1H3;3H,2H2,1H3;1H2,2H3;1H;1H2;2H,1H2/b;;;;;;;;;;2-1+;;. The van der Waals surface area contributed by atoms with E-state index in [1.807, 2.05) is 44.2 Å². The monoisotopic (exact) mass is 1620 g/mol. The third-order valence-electron chi connectivity index (χ3n) is 10.6. The van der Waals surface area contributed by atoms with Gasteiger partial charge in [-0.2, -0.15) is 61.5 Å². The zero-order valence-electron chi connectivity index (χ0n) is 63.7. The van der Waals surface area contributed by atoms with Crippen LogP contribution in [0.1, 0.15) is 222 Å². The largest absolute Gasteiger partial charge is 0.499 e. The molecule has 0 aliphatic heterocycles. The van der Waals surface area contributed by atoms with Crippen molar-refractivity contribution in [3.8, 4) is 0 Å². The van der Waals surface area contributed by atoms with Gasteiger partial charge in [0.25, 0.3) is 12.2 Å². The molecule has 1 unspecified atom stereocenters. The second-order valence-electron chi connectivity index (χ2n) is 20.3. The van der Waals surface area contributed by atoms with E-state index in [1.165, 1.54) is 71.3 Å². The van der Waals surface area contributed by atoms with Gasteiger partial charge < -0.3 is 33.2 Å². The van der Waals surface area contributed by atoms with E-state index in [2.05, 4.69) is 89.6 Å². The minimum Gasteiger partial charge on any atom is -0.499 e. The lowest BCUT2D eigenvalue weighted by atomic mass is 10.0. The van der Waals surface area contributed by atoms with E-state index < -0.39 is 47.1 Å². The molecule has 0 saturated carbocycles. The van der Waals surface area contributed by atoms with Gasteiger partial charge in [0.2, 0.25) is 10.6 Å². The minimum atomic E-state index is -1.83. The Morgan fingerprint density at radius 2 is 0.710 bits per heavy atom. The average Bonchev–Trinajstić information content (AvgIpc) is 0.968. The van der Waals surface area contributed by atoms with E-state index in [1.54, 1.807) is 37.3 Å². The van der Waals surface area contributed by atoms with Gasteiger partial charge in [0, 0.05) is 6.08 Å². The molecule has 0 fully saturated rings. The molecule has 0 bridgehead atoms. The van der Waals surface area contributed by atoms with Crippen LogP contribution in [0, 0.1) is 5.92 Å². The third kappa shape index (κ3) is 185. The molecule has 0 N–H and O–H groups in total. The van der Waals surface area contributed by atoms with E-state index in [4.69, 9.17) is 21.1 Å². The van der Waals surface area contributed by atoms with E-state index in [0.717, 1.165) is 120 Å². The number of hydrogen-bond donors (Lipinski definition) is 0. The second-order valence-corrected chi connectivity index (χ2v) is 21.0. The molecule has 626 valence electrons. The highest BCUT2D eigenvalue weighted by atomic mass is 35.5. The van der Waals surface area contributed by atoms with Crippen molar-refractivity contribution < 1.29 is 121 Å². The zero-order chi connectivity index (χ0) is 84.2. The molecule has 0 aliphatic carbocycles. The summed E-state index contributed by atoms with van der Waals surface area (Å²) in [6.07, 6.45) is 22.3. The van der Waals surface area contributed by atoms with Crippen LogP contribution in [0.4, 0.5) is 87.8 Å². The van der Waals surface area contributed by atoms with Gasteiger partial charge in [0.15, 0.2) is 0 Å². The van der Waals surface area contributed by atoms with Gasteiger partial charge in [-0.1, -0.05) is 225 Å². The maximum atomic E-state index is 11.9. The van der Waals surface area contributed by atoms with Gasteiger partial charge in [-0.15, -0.1) is 0 Å². The number of halogens is 22. The molecular weight excluding hydrogens is 1500 g/mol. The Bertz CT molecular complexity index is 2330. The first-order valence-corrected chi connectivity index (χ1v) is 35.1. The summed E-state index contributed by atoms with van der Waals surface area (Å²) in [7, 11) is 0. The number of ether oxygens (including phenoxy) is 7. The highest BCUT2D eigenvalue weighted by Crippen LogP contribution is 2.15. The lowest BCUT2D eigenvalue weighted by Gasteiger charge is -2.12.